The fourth-order valence-electron chi connectivity index (χ4n) is 5.34. The molecule has 10 nitrogen and oxygen atoms in total. The number of hydrogen-bond donors (Lipinski definition) is 1. The molecule has 0 bridgehead atoms. The molecule has 2 aromatic heterocycles. The van der Waals surface area contributed by atoms with Gasteiger partial charge in [-0.1, -0.05) is 6.07 Å². The summed E-state index contributed by atoms with van der Waals surface area (Å²) in [6.07, 6.45) is 1.76. The molecule has 1 fully saturated rings. The molecule has 1 N–H and O–H groups in total. The van der Waals surface area contributed by atoms with Gasteiger partial charge in [-0.05, 0) is 68.0 Å². The fourth-order valence-corrected chi connectivity index (χ4v) is 5.68. The van der Waals surface area contributed by atoms with Gasteiger partial charge in [-0.3, -0.25) is 15.1 Å². The highest BCUT2D eigenvalue weighted by Crippen LogP contribution is 2.47. The molecule has 1 aliphatic heterocycles. The molecule has 3 heterocycles. The Balaban J connectivity index is 1.70. The maximum Gasteiger partial charge on any atom is 0.273 e. The molecule has 2 aromatic carbocycles. The first-order valence-electron chi connectivity index (χ1n) is 12.5. The quantitative estimate of drug-likeness (QED) is 0.168. The van der Waals surface area contributed by atoms with E-state index in [9.17, 15) is 10.1 Å². The Morgan fingerprint density at radius 1 is 0.950 bits per heavy atom. The second-order valence-electron chi connectivity index (χ2n) is 9.31. The van der Waals surface area contributed by atoms with E-state index in [-0.39, 0.29) is 17.8 Å². The van der Waals surface area contributed by atoms with Crippen molar-refractivity contribution in [1.82, 2.24) is 14.9 Å². The van der Waals surface area contributed by atoms with Gasteiger partial charge in [0.2, 0.25) is 0 Å². The molecule has 2 unspecified atom stereocenters. The lowest BCUT2D eigenvalue weighted by Gasteiger charge is -2.29. The number of non-ortho nitro benzene ring substituents is 1. The van der Waals surface area contributed by atoms with Gasteiger partial charge < -0.3 is 29.0 Å². The first kappa shape index (κ1) is 26.9. The fraction of sp³-hybridized carbons (Fsp3) is 0.241. The zero-order chi connectivity index (χ0) is 28.6. The molecule has 1 saturated heterocycles. The van der Waals surface area contributed by atoms with Crippen molar-refractivity contribution in [2.45, 2.75) is 25.9 Å². The predicted octanol–water partition coefficient (Wildman–Crippen LogP) is 5.60. The number of nitrogens with one attached hydrogen (secondary N) is 1. The molecule has 2 atom stereocenters. The first-order chi connectivity index (χ1) is 19.3. The number of aromatic nitrogens is 2. The number of nitro groups is 1. The Labute approximate surface area is 237 Å². The molecule has 40 heavy (non-hydrogen) atoms. The molecule has 206 valence electrons. The van der Waals surface area contributed by atoms with Crippen LogP contribution in [0.3, 0.4) is 0 Å². The largest absolute Gasteiger partial charge is 0.497 e. The molecule has 1 aliphatic rings. The lowest BCUT2D eigenvalue weighted by molar-refractivity contribution is -0.384. The van der Waals surface area contributed by atoms with Crippen LogP contribution in [0, 0.1) is 24.0 Å². The van der Waals surface area contributed by atoms with Gasteiger partial charge in [-0.25, -0.2) is 0 Å². The van der Waals surface area contributed by atoms with Crippen LogP contribution in [0.25, 0.3) is 5.69 Å². The molecule has 0 spiro atoms. The maximum absolute atomic E-state index is 11.4. The standard InChI is InChI=1S/C29H29N5O5S/c1-17-14-21(18(2)32(17)23-11-9-19(34(35)36)15-25(23)38-4)28-27(22-8-6-7-13-30-22)31-29(40)33(28)24-12-10-20(37-3)16-26(24)39-5/h6-16,27-28H,1-5H3,(H,31,40). The molecule has 0 amide bonds. The number of ether oxygens (including phenoxy) is 3. The summed E-state index contributed by atoms with van der Waals surface area (Å²) >= 11 is 5.91. The van der Waals surface area contributed by atoms with Crippen LogP contribution in [-0.2, 0) is 0 Å². The molecule has 0 saturated carbocycles. The highest BCUT2D eigenvalue weighted by Gasteiger charge is 2.43. The molecule has 5 rings (SSSR count). The van der Waals surface area contributed by atoms with E-state index in [1.54, 1.807) is 26.5 Å². The summed E-state index contributed by atoms with van der Waals surface area (Å²) < 4.78 is 18.8. The molecule has 0 aliphatic carbocycles. The van der Waals surface area contributed by atoms with E-state index in [1.807, 2.05) is 59.7 Å². The third-order valence-corrected chi connectivity index (χ3v) is 7.46. The van der Waals surface area contributed by atoms with Crippen LogP contribution in [-0.4, -0.2) is 40.9 Å². The predicted molar refractivity (Wildman–Crippen MR) is 156 cm³/mol. The number of anilines is 1. The number of nitro benzene ring substituents is 1. The number of aryl methyl sites for hydroxylation is 1. The van der Waals surface area contributed by atoms with Crippen LogP contribution in [0.4, 0.5) is 11.4 Å². The van der Waals surface area contributed by atoms with Crippen molar-refractivity contribution in [2.75, 3.05) is 26.2 Å². The van der Waals surface area contributed by atoms with E-state index in [1.165, 1.54) is 19.2 Å². The average molecular weight is 560 g/mol. The first-order valence-corrected chi connectivity index (χ1v) is 12.9. The minimum absolute atomic E-state index is 0.0402. The van der Waals surface area contributed by atoms with E-state index in [4.69, 9.17) is 26.4 Å². The van der Waals surface area contributed by atoms with Crippen molar-refractivity contribution in [3.8, 4) is 22.9 Å². The van der Waals surface area contributed by atoms with Gasteiger partial charge in [0.25, 0.3) is 5.69 Å². The normalized spacial score (nSPS) is 16.5. The lowest BCUT2D eigenvalue weighted by Crippen LogP contribution is -2.30. The van der Waals surface area contributed by atoms with Crippen molar-refractivity contribution in [3.63, 3.8) is 0 Å². The van der Waals surface area contributed by atoms with Crippen LogP contribution < -0.4 is 24.4 Å². The average Bonchev–Trinajstić information content (AvgIpc) is 3.46. The zero-order valence-electron chi connectivity index (χ0n) is 22.7. The number of nitrogens with zero attached hydrogens (tertiary/aromatic N) is 4. The third kappa shape index (κ3) is 4.58. The van der Waals surface area contributed by atoms with Crippen LogP contribution in [0.2, 0.25) is 0 Å². The van der Waals surface area contributed by atoms with E-state index >= 15 is 0 Å². The Hall–Kier alpha value is -4.64. The van der Waals surface area contributed by atoms with Crippen LogP contribution in [0.1, 0.15) is 34.7 Å². The minimum atomic E-state index is -0.435. The van der Waals surface area contributed by atoms with Gasteiger partial charge in [0.15, 0.2) is 5.11 Å². The van der Waals surface area contributed by atoms with Gasteiger partial charge in [-0.15, -0.1) is 0 Å². The second kappa shape index (κ2) is 10.9. The van der Waals surface area contributed by atoms with Crippen LogP contribution in [0.5, 0.6) is 17.2 Å². The van der Waals surface area contributed by atoms with Crippen molar-refractivity contribution in [2.24, 2.45) is 0 Å². The summed E-state index contributed by atoms with van der Waals surface area (Å²) in [5.74, 6) is 1.68. The van der Waals surface area contributed by atoms with Gasteiger partial charge in [0, 0.05) is 29.7 Å². The highest BCUT2D eigenvalue weighted by atomic mass is 32.1. The number of methoxy groups -OCH3 is 3. The summed E-state index contributed by atoms with van der Waals surface area (Å²) in [5, 5.41) is 15.4. The summed E-state index contributed by atoms with van der Waals surface area (Å²) in [7, 11) is 4.73. The van der Waals surface area contributed by atoms with Gasteiger partial charge in [0.1, 0.15) is 17.2 Å². The van der Waals surface area contributed by atoms with E-state index < -0.39 is 4.92 Å². The van der Waals surface area contributed by atoms with Crippen LogP contribution >= 0.6 is 12.2 Å². The smallest absolute Gasteiger partial charge is 0.273 e. The number of hydrogen-bond acceptors (Lipinski definition) is 7. The Bertz CT molecular complexity index is 1590. The number of thiocarbonyl (C=S) groups is 1. The number of pyridine rings is 1. The third-order valence-electron chi connectivity index (χ3n) is 7.15. The lowest BCUT2D eigenvalue weighted by atomic mass is 9.96. The van der Waals surface area contributed by atoms with Crippen molar-refractivity contribution in [1.29, 1.82) is 0 Å². The van der Waals surface area contributed by atoms with Gasteiger partial charge in [0.05, 0.1) is 61.5 Å². The van der Waals surface area contributed by atoms with Gasteiger partial charge in [-0.2, -0.15) is 0 Å². The van der Waals surface area contributed by atoms with Crippen LogP contribution in [0.15, 0.2) is 66.9 Å². The Morgan fingerprint density at radius 2 is 1.68 bits per heavy atom. The Kier molecular flexibility index (Phi) is 7.31. The SMILES string of the molecule is COc1ccc(N2C(=S)NC(c3ccccn3)C2c2cc(C)n(-c3ccc([N+](=O)[O-])cc3OC)c2C)c(OC)c1. The summed E-state index contributed by atoms with van der Waals surface area (Å²) in [6, 6.07) is 17.6. The number of benzene rings is 2. The number of rotatable bonds is 8. The monoisotopic (exact) mass is 559 g/mol. The second-order valence-corrected chi connectivity index (χ2v) is 9.70. The molecular weight excluding hydrogens is 530 g/mol. The highest BCUT2D eigenvalue weighted by molar-refractivity contribution is 7.80. The summed E-state index contributed by atoms with van der Waals surface area (Å²) in [6.45, 7) is 4.01. The van der Waals surface area contributed by atoms with Crippen molar-refractivity contribution >= 4 is 28.7 Å². The molecule has 0 radical (unpaired) electrons. The Morgan fingerprint density at radius 3 is 2.33 bits per heavy atom. The van der Waals surface area contributed by atoms with E-state index in [0.717, 1.165) is 28.3 Å². The molecule has 4 aromatic rings. The zero-order valence-corrected chi connectivity index (χ0v) is 23.6. The summed E-state index contributed by atoms with van der Waals surface area (Å²) in [4.78, 5) is 17.7. The minimum Gasteiger partial charge on any atom is -0.497 e. The molecular formula is C29H29N5O5S. The molecule has 11 heteroatoms. The van der Waals surface area contributed by atoms with E-state index in [2.05, 4.69) is 16.4 Å². The van der Waals surface area contributed by atoms with Crippen molar-refractivity contribution < 1.29 is 19.1 Å². The van der Waals surface area contributed by atoms with Gasteiger partial charge >= 0.3 is 0 Å². The maximum atomic E-state index is 11.4. The van der Waals surface area contributed by atoms with Crippen molar-refractivity contribution in [3.05, 3.63) is 99.6 Å². The summed E-state index contributed by atoms with van der Waals surface area (Å²) in [5.41, 5.74) is 5.13. The topological polar surface area (TPSA) is 104 Å². The van der Waals surface area contributed by atoms with E-state index in [0.29, 0.717) is 28.0 Å².